The van der Waals surface area contributed by atoms with Crippen LogP contribution >= 0.6 is 23.4 Å². The van der Waals surface area contributed by atoms with E-state index in [1.54, 1.807) is 18.0 Å². The summed E-state index contributed by atoms with van der Waals surface area (Å²) in [5.41, 5.74) is 0.977. The van der Waals surface area contributed by atoms with Crippen molar-refractivity contribution in [1.82, 2.24) is 19.7 Å². The molecule has 0 amide bonds. The van der Waals surface area contributed by atoms with E-state index in [1.807, 2.05) is 35.0 Å². The minimum atomic E-state index is 0.592. The average molecular weight is 335 g/mol. The number of aromatic nitrogens is 4. The first-order chi connectivity index (χ1) is 10.8. The number of imidazole rings is 1. The van der Waals surface area contributed by atoms with E-state index in [0.29, 0.717) is 16.7 Å². The molecular formula is C15H15ClN4OS. The van der Waals surface area contributed by atoms with Gasteiger partial charge in [-0.3, -0.25) is 4.57 Å². The van der Waals surface area contributed by atoms with Gasteiger partial charge in [0.1, 0.15) is 0 Å². The van der Waals surface area contributed by atoms with E-state index in [2.05, 4.69) is 22.0 Å². The van der Waals surface area contributed by atoms with Gasteiger partial charge in [-0.15, -0.1) is 0 Å². The Labute approximate surface area is 137 Å². The van der Waals surface area contributed by atoms with Crippen LogP contribution in [0.5, 0.6) is 0 Å². The molecule has 22 heavy (non-hydrogen) atoms. The van der Waals surface area contributed by atoms with Crippen molar-refractivity contribution in [1.29, 1.82) is 0 Å². The highest BCUT2D eigenvalue weighted by Gasteiger charge is 2.10. The number of hydrogen-bond donors (Lipinski definition) is 0. The molecule has 7 heteroatoms. The van der Waals surface area contributed by atoms with E-state index in [-0.39, 0.29) is 0 Å². The smallest absolute Gasteiger partial charge is 0.237 e. The van der Waals surface area contributed by atoms with Gasteiger partial charge >= 0.3 is 0 Å². The van der Waals surface area contributed by atoms with Crippen LogP contribution in [-0.2, 0) is 12.2 Å². The van der Waals surface area contributed by atoms with Crippen LogP contribution in [0, 0.1) is 0 Å². The lowest BCUT2D eigenvalue weighted by atomic mass is 10.3. The average Bonchev–Trinajstić information content (AvgIpc) is 3.14. The Bertz CT molecular complexity index is 755. The maximum absolute atomic E-state index is 6.05. The van der Waals surface area contributed by atoms with Crippen molar-refractivity contribution in [2.75, 3.05) is 0 Å². The number of nitrogens with zero attached hydrogens (tertiary/aromatic N) is 4. The van der Waals surface area contributed by atoms with E-state index >= 15 is 0 Å². The van der Waals surface area contributed by atoms with Gasteiger partial charge < -0.3 is 4.52 Å². The third kappa shape index (κ3) is 3.51. The monoisotopic (exact) mass is 334 g/mol. The summed E-state index contributed by atoms with van der Waals surface area (Å²) in [6.45, 7) is 2.09. The fourth-order valence-corrected chi connectivity index (χ4v) is 3.01. The third-order valence-corrected chi connectivity index (χ3v) is 4.19. The van der Waals surface area contributed by atoms with Crippen molar-refractivity contribution >= 4 is 23.4 Å². The van der Waals surface area contributed by atoms with Gasteiger partial charge in [0.2, 0.25) is 5.89 Å². The number of rotatable bonds is 6. The minimum Gasteiger partial charge on any atom is -0.338 e. The van der Waals surface area contributed by atoms with Crippen molar-refractivity contribution in [3.8, 4) is 5.69 Å². The van der Waals surface area contributed by atoms with Crippen LogP contribution in [0.25, 0.3) is 5.69 Å². The molecule has 0 aliphatic heterocycles. The number of hydrogen-bond acceptors (Lipinski definition) is 5. The molecule has 1 aromatic carbocycles. The molecule has 0 spiro atoms. The van der Waals surface area contributed by atoms with Crippen molar-refractivity contribution < 1.29 is 4.52 Å². The molecule has 0 saturated carbocycles. The molecule has 0 unspecified atom stereocenters. The van der Waals surface area contributed by atoms with Gasteiger partial charge in [-0.05, 0) is 24.6 Å². The van der Waals surface area contributed by atoms with Crippen LogP contribution in [0.2, 0.25) is 5.02 Å². The first-order valence-corrected chi connectivity index (χ1v) is 8.36. The fourth-order valence-electron chi connectivity index (χ4n) is 2.02. The molecule has 114 valence electrons. The van der Waals surface area contributed by atoms with Crippen LogP contribution in [-0.4, -0.2) is 19.7 Å². The first kappa shape index (κ1) is 15.1. The van der Waals surface area contributed by atoms with Crippen LogP contribution in [0.1, 0.15) is 25.1 Å². The Balaban J connectivity index is 1.72. The number of benzene rings is 1. The first-order valence-electron chi connectivity index (χ1n) is 7.00. The SMILES string of the molecule is CCCc1noc(CSc2nccn2-c2cccc(Cl)c2)n1. The summed E-state index contributed by atoms with van der Waals surface area (Å²) in [5.74, 6) is 1.97. The highest BCUT2D eigenvalue weighted by Crippen LogP contribution is 2.24. The fraction of sp³-hybridized carbons (Fsp3) is 0.267. The van der Waals surface area contributed by atoms with E-state index in [0.717, 1.165) is 29.5 Å². The van der Waals surface area contributed by atoms with Gasteiger partial charge in [0.15, 0.2) is 11.0 Å². The summed E-state index contributed by atoms with van der Waals surface area (Å²) >= 11 is 7.60. The zero-order valence-corrected chi connectivity index (χ0v) is 13.6. The van der Waals surface area contributed by atoms with Gasteiger partial charge in [-0.2, -0.15) is 4.98 Å². The second-order valence-electron chi connectivity index (χ2n) is 4.70. The second-order valence-corrected chi connectivity index (χ2v) is 6.08. The molecular weight excluding hydrogens is 320 g/mol. The number of halogens is 1. The lowest BCUT2D eigenvalue weighted by Crippen LogP contribution is -1.95. The zero-order valence-electron chi connectivity index (χ0n) is 12.1. The van der Waals surface area contributed by atoms with Gasteiger partial charge in [-0.1, -0.05) is 41.5 Å². The minimum absolute atomic E-state index is 0.592. The standard InChI is InChI=1S/C15H15ClN4OS/c1-2-4-13-18-14(21-19-13)10-22-15-17-7-8-20(15)12-6-3-5-11(16)9-12/h3,5-9H,2,4,10H2,1H3. The molecule has 2 aromatic heterocycles. The van der Waals surface area contributed by atoms with Crippen LogP contribution in [0.3, 0.4) is 0 Å². The normalized spacial score (nSPS) is 11.0. The Kier molecular flexibility index (Phi) is 4.80. The third-order valence-electron chi connectivity index (χ3n) is 3.00. The molecule has 0 aliphatic carbocycles. The van der Waals surface area contributed by atoms with Gasteiger partial charge in [0.25, 0.3) is 0 Å². The molecule has 3 aromatic rings. The molecule has 2 heterocycles. The van der Waals surface area contributed by atoms with Crippen molar-refractivity contribution in [2.24, 2.45) is 0 Å². The van der Waals surface area contributed by atoms with E-state index in [1.165, 1.54) is 0 Å². The van der Waals surface area contributed by atoms with Crippen molar-refractivity contribution in [3.63, 3.8) is 0 Å². The van der Waals surface area contributed by atoms with Crippen LogP contribution in [0.15, 0.2) is 46.3 Å². The predicted octanol–water partition coefficient (Wildman–Crippen LogP) is 4.15. The lowest BCUT2D eigenvalue weighted by molar-refractivity contribution is 0.384. The molecule has 0 fully saturated rings. The van der Waals surface area contributed by atoms with E-state index in [9.17, 15) is 0 Å². The highest BCUT2D eigenvalue weighted by atomic mass is 35.5. The zero-order chi connectivity index (χ0) is 15.4. The predicted molar refractivity (Wildman–Crippen MR) is 86.4 cm³/mol. The van der Waals surface area contributed by atoms with Gasteiger partial charge in [0, 0.05) is 29.5 Å². The van der Waals surface area contributed by atoms with Gasteiger partial charge in [0.05, 0.1) is 5.75 Å². The van der Waals surface area contributed by atoms with Crippen molar-refractivity contribution in [3.05, 3.63) is 53.4 Å². The number of aryl methyl sites for hydroxylation is 1. The van der Waals surface area contributed by atoms with E-state index < -0.39 is 0 Å². The summed E-state index contributed by atoms with van der Waals surface area (Å²) in [6.07, 6.45) is 5.51. The topological polar surface area (TPSA) is 56.7 Å². The second kappa shape index (κ2) is 6.98. The van der Waals surface area contributed by atoms with Crippen molar-refractivity contribution in [2.45, 2.75) is 30.7 Å². The Hall–Kier alpha value is -1.79. The molecule has 0 atom stereocenters. The molecule has 0 radical (unpaired) electrons. The van der Waals surface area contributed by atoms with Crippen LogP contribution < -0.4 is 0 Å². The molecule has 0 saturated heterocycles. The number of thioether (sulfide) groups is 1. The molecule has 3 rings (SSSR count). The molecule has 0 aliphatic rings. The van der Waals surface area contributed by atoms with Gasteiger partial charge in [-0.25, -0.2) is 4.98 Å². The Morgan fingerprint density at radius 2 is 2.27 bits per heavy atom. The van der Waals surface area contributed by atoms with Crippen LogP contribution in [0.4, 0.5) is 0 Å². The Morgan fingerprint density at radius 1 is 1.36 bits per heavy atom. The highest BCUT2D eigenvalue weighted by molar-refractivity contribution is 7.98. The summed E-state index contributed by atoms with van der Waals surface area (Å²) in [4.78, 5) is 8.73. The molecule has 5 nitrogen and oxygen atoms in total. The summed E-state index contributed by atoms with van der Waals surface area (Å²) in [7, 11) is 0. The molecule has 0 N–H and O–H groups in total. The lowest BCUT2D eigenvalue weighted by Gasteiger charge is -2.06. The maximum Gasteiger partial charge on any atom is 0.237 e. The quantitative estimate of drug-likeness (QED) is 0.634. The molecule has 0 bridgehead atoms. The maximum atomic E-state index is 6.05. The van der Waals surface area contributed by atoms with E-state index in [4.69, 9.17) is 16.1 Å². The summed E-state index contributed by atoms with van der Waals surface area (Å²) < 4.78 is 7.23. The summed E-state index contributed by atoms with van der Waals surface area (Å²) in [6, 6.07) is 7.66. The Morgan fingerprint density at radius 3 is 3.09 bits per heavy atom. The largest absolute Gasteiger partial charge is 0.338 e. The summed E-state index contributed by atoms with van der Waals surface area (Å²) in [5, 5.41) is 5.51.